The molecule has 1 saturated heterocycles. The van der Waals surface area contributed by atoms with E-state index in [1.54, 1.807) is 13.0 Å². The van der Waals surface area contributed by atoms with Crippen molar-refractivity contribution in [3.63, 3.8) is 0 Å². The summed E-state index contributed by atoms with van der Waals surface area (Å²) in [5, 5.41) is 10.9. The van der Waals surface area contributed by atoms with Crippen LogP contribution in [-0.2, 0) is 4.74 Å². The lowest BCUT2D eigenvalue weighted by molar-refractivity contribution is -0.383. The maximum absolute atomic E-state index is 12.1. The van der Waals surface area contributed by atoms with Crippen molar-refractivity contribution in [3.05, 3.63) is 27.8 Å². The lowest BCUT2D eigenvalue weighted by Crippen LogP contribution is -2.22. The fourth-order valence-corrected chi connectivity index (χ4v) is 2.40. The van der Waals surface area contributed by atoms with E-state index in [1.807, 2.05) is 4.90 Å². The molecule has 1 aliphatic rings. The van der Waals surface area contributed by atoms with Gasteiger partial charge in [-0.05, 0) is 25.8 Å². The van der Waals surface area contributed by atoms with Gasteiger partial charge >= 0.3 is 5.97 Å². The predicted molar refractivity (Wildman–Crippen MR) is 74.9 cm³/mol. The van der Waals surface area contributed by atoms with Crippen molar-refractivity contribution >= 4 is 23.0 Å². The van der Waals surface area contributed by atoms with Crippen molar-refractivity contribution in [1.82, 2.24) is 0 Å². The van der Waals surface area contributed by atoms with Crippen LogP contribution < -0.4 is 10.6 Å². The molecule has 1 fully saturated rings. The quantitative estimate of drug-likeness (QED) is 0.391. The molecule has 0 spiro atoms. The zero-order valence-electron chi connectivity index (χ0n) is 11.3. The van der Waals surface area contributed by atoms with Crippen molar-refractivity contribution in [2.75, 3.05) is 30.3 Å². The van der Waals surface area contributed by atoms with Gasteiger partial charge in [0.2, 0.25) is 0 Å². The van der Waals surface area contributed by atoms with Crippen LogP contribution in [0, 0.1) is 10.1 Å². The van der Waals surface area contributed by atoms with E-state index in [4.69, 9.17) is 10.5 Å². The van der Waals surface area contributed by atoms with Crippen LogP contribution in [0.2, 0.25) is 0 Å². The van der Waals surface area contributed by atoms with E-state index in [0.717, 1.165) is 25.9 Å². The molecule has 1 aromatic rings. The summed E-state index contributed by atoms with van der Waals surface area (Å²) in [6, 6.07) is 2.91. The van der Waals surface area contributed by atoms with Gasteiger partial charge in [-0.2, -0.15) is 0 Å². The lowest BCUT2D eigenvalue weighted by atomic mass is 10.1. The number of nitro benzene ring substituents is 1. The number of nitrogens with zero attached hydrogens (tertiary/aromatic N) is 2. The Kier molecular flexibility index (Phi) is 4.07. The van der Waals surface area contributed by atoms with Crippen molar-refractivity contribution in [3.8, 4) is 0 Å². The molecule has 1 heterocycles. The topological polar surface area (TPSA) is 98.7 Å². The van der Waals surface area contributed by atoms with E-state index >= 15 is 0 Å². The fraction of sp³-hybridized carbons (Fsp3) is 0.462. The SMILES string of the molecule is CCOC(=O)c1c(N2CCCC2)ccc([N+](=O)[O-])c1N. The monoisotopic (exact) mass is 279 g/mol. The smallest absolute Gasteiger partial charge is 0.342 e. The second kappa shape index (κ2) is 5.77. The van der Waals surface area contributed by atoms with Crippen LogP contribution in [0.15, 0.2) is 12.1 Å². The van der Waals surface area contributed by atoms with Gasteiger partial charge in [0.25, 0.3) is 5.69 Å². The van der Waals surface area contributed by atoms with Crippen LogP contribution in [0.4, 0.5) is 17.1 Å². The summed E-state index contributed by atoms with van der Waals surface area (Å²) in [6.45, 7) is 3.49. The van der Waals surface area contributed by atoms with E-state index in [0.29, 0.717) is 5.69 Å². The number of carbonyl (C=O) groups excluding carboxylic acids is 1. The average Bonchev–Trinajstić information content (AvgIpc) is 2.91. The Balaban J connectivity index is 2.53. The third kappa shape index (κ3) is 2.52. The average molecular weight is 279 g/mol. The van der Waals surface area contributed by atoms with Crippen molar-refractivity contribution in [2.45, 2.75) is 19.8 Å². The van der Waals surface area contributed by atoms with Crippen LogP contribution >= 0.6 is 0 Å². The molecule has 7 nitrogen and oxygen atoms in total. The minimum absolute atomic E-state index is 0.1000. The highest BCUT2D eigenvalue weighted by Gasteiger charge is 2.27. The number of hydrogen-bond acceptors (Lipinski definition) is 6. The molecule has 2 rings (SSSR count). The van der Waals surface area contributed by atoms with E-state index < -0.39 is 10.9 Å². The normalized spacial score (nSPS) is 14.3. The number of anilines is 2. The summed E-state index contributed by atoms with van der Waals surface area (Å²) in [6.07, 6.45) is 2.05. The summed E-state index contributed by atoms with van der Waals surface area (Å²) in [5.41, 5.74) is 6.13. The van der Waals surface area contributed by atoms with Gasteiger partial charge in [-0.15, -0.1) is 0 Å². The highest BCUT2D eigenvalue weighted by molar-refractivity contribution is 6.03. The molecule has 0 saturated carbocycles. The van der Waals surface area contributed by atoms with Crippen LogP contribution in [0.5, 0.6) is 0 Å². The second-order valence-corrected chi connectivity index (χ2v) is 4.56. The van der Waals surface area contributed by atoms with Gasteiger partial charge in [0, 0.05) is 19.2 Å². The van der Waals surface area contributed by atoms with Gasteiger partial charge < -0.3 is 15.4 Å². The number of nitrogens with two attached hydrogens (primary N) is 1. The lowest BCUT2D eigenvalue weighted by Gasteiger charge is -2.21. The van der Waals surface area contributed by atoms with Gasteiger partial charge in [-0.3, -0.25) is 10.1 Å². The molecular formula is C13H17N3O4. The van der Waals surface area contributed by atoms with E-state index in [9.17, 15) is 14.9 Å². The zero-order valence-corrected chi connectivity index (χ0v) is 11.3. The maximum atomic E-state index is 12.1. The summed E-state index contributed by atoms with van der Waals surface area (Å²) in [5.74, 6) is -0.615. The first kappa shape index (κ1) is 14.1. The predicted octanol–water partition coefficient (Wildman–Crippen LogP) is 1.95. The molecule has 7 heteroatoms. The van der Waals surface area contributed by atoms with Crippen molar-refractivity contribution < 1.29 is 14.5 Å². The number of rotatable bonds is 4. The zero-order chi connectivity index (χ0) is 14.7. The van der Waals surface area contributed by atoms with E-state index in [-0.39, 0.29) is 23.5 Å². The van der Waals surface area contributed by atoms with Gasteiger partial charge in [-0.25, -0.2) is 4.79 Å². The number of carbonyl (C=O) groups is 1. The van der Waals surface area contributed by atoms with Crippen LogP contribution in [0.25, 0.3) is 0 Å². The number of esters is 1. The summed E-state index contributed by atoms with van der Waals surface area (Å²) in [7, 11) is 0. The standard InChI is InChI=1S/C13H17N3O4/c1-2-20-13(17)11-9(15-7-3-4-8-15)5-6-10(12(11)14)16(18)19/h5-6H,2-4,7-8,14H2,1H3. The number of nitro groups is 1. The van der Waals surface area contributed by atoms with Gasteiger partial charge in [0.05, 0.1) is 17.2 Å². The molecule has 0 aromatic heterocycles. The van der Waals surface area contributed by atoms with Gasteiger partial charge in [0.15, 0.2) is 0 Å². The molecule has 108 valence electrons. The molecule has 0 bridgehead atoms. The second-order valence-electron chi connectivity index (χ2n) is 4.56. The molecule has 0 unspecified atom stereocenters. The van der Waals surface area contributed by atoms with Crippen LogP contribution in [0.3, 0.4) is 0 Å². The maximum Gasteiger partial charge on any atom is 0.342 e. The highest BCUT2D eigenvalue weighted by atomic mass is 16.6. The van der Waals surface area contributed by atoms with Crippen LogP contribution in [0.1, 0.15) is 30.1 Å². The Morgan fingerprint density at radius 1 is 1.45 bits per heavy atom. The Hall–Kier alpha value is -2.31. The molecule has 2 N–H and O–H groups in total. The first-order valence-electron chi connectivity index (χ1n) is 6.55. The van der Waals surface area contributed by atoms with Crippen molar-refractivity contribution in [2.24, 2.45) is 0 Å². The molecule has 0 atom stereocenters. The summed E-state index contributed by atoms with van der Waals surface area (Å²) in [4.78, 5) is 24.4. The Morgan fingerprint density at radius 2 is 2.10 bits per heavy atom. The molecule has 0 amide bonds. The minimum Gasteiger partial charge on any atom is -0.462 e. The molecule has 20 heavy (non-hydrogen) atoms. The number of benzene rings is 1. The Labute approximate surface area is 116 Å². The molecule has 1 aromatic carbocycles. The Bertz CT molecular complexity index is 539. The molecule has 0 aliphatic carbocycles. The van der Waals surface area contributed by atoms with Gasteiger partial charge in [0.1, 0.15) is 11.3 Å². The molecular weight excluding hydrogens is 262 g/mol. The van der Waals surface area contributed by atoms with E-state index in [1.165, 1.54) is 6.07 Å². The van der Waals surface area contributed by atoms with Crippen LogP contribution in [-0.4, -0.2) is 30.6 Å². The molecule has 0 radical (unpaired) electrons. The fourth-order valence-electron chi connectivity index (χ4n) is 2.40. The van der Waals surface area contributed by atoms with Crippen molar-refractivity contribution in [1.29, 1.82) is 0 Å². The number of nitrogen functional groups attached to an aromatic ring is 1. The molecule has 1 aliphatic heterocycles. The third-order valence-corrected chi connectivity index (χ3v) is 3.32. The van der Waals surface area contributed by atoms with E-state index in [2.05, 4.69) is 0 Å². The largest absolute Gasteiger partial charge is 0.462 e. The summed E-state index contributed by atoms with van der Waals surface area (Å²) < 4.78 is 4.98. The third-order valence-electron chi connectivity index (χ3n) is 3.32. The summed E-state index contributed by atoms with van der Waals surface area (Å²) >= 11 is 0. The first-order chi connectivity index (χ1) is 9.56. The first-order valence-corrected chi connectivity index (χ1v) is 6.55. The highest BCUT2D eigenvalue weighted by Crippen LogP contribution is 2.35. The Morgan fingerprint density at radius 3 is 2.65 bits per heavy atom. The van der Waals surface area contributed by atoms with Gasteiger partial charge in [-0.1, -0.05) is 0 Å². The minimum atomic E-state index is -0.615. The number of ether oxygens (including phenoxy) is 1. The number of hydrogen-bond donors (Lipinski definition) is 1.